The van der Waals surface area contributed by atoms with Crippen LogP contribution < -0.4 is 0 Å². The third-order valence-electron chi connectivity index (χ3n) is 2.36. The zero-order chi connectivity index (χ0) is 10.2. The lowest BCUT2D eigenvalue weighted by Crippen LogP contribution is -1.94. The molecule has 0 spiro atoms. The first kappa shape index (κ1) is 7.36. The van der Waals surface area contributed by atoms with Crippen LogP contribution in [0.4, 0.5) is 0 Å². The predicted octanol–water partition coefficient (Wildman–Crippen LogP) is 2.79. The molecule has 12 heavy (non-hydrogen) atoms. The first-order chi connectivity index (χ1) is 6.00. The molecule has 0 amide bonds. The second-order valence-corrected chi connectivity index (χ2v) is 3.11. The monoisotopic (exact) mass is 160 g/mol. The Morgan fingerprint density at radius 3 is 1.92 bits per heavy atom. The molecule has 0 unspecified atom stereocenters. The van der Waals surface area contributed by atoms with E-state index < -0.39 is 0 Å². The summed E-state index contributed by atoms with van der Waals surface area (Å²) in [5.41, 5.74) is 4.44. The van der Waals surface area contributed by atoms with Gasteiger partial charge in [-0.2, -0.15) is 5.26 Å². The molecule has 1 aromatic rings. The average molecular weight is 160 g/mol. The third kappa shape index (κ3) is 1.21. The van der Waals surface area contributed by atoms with Crippen LogP contribution in [0.5, 0.6) is 0 Å². The zero-order valence-electron chi connectivity index (χ0n) is 8.95. The highest BCUT2D eigenvalue weighted by Gasteiger charge is 2.06. The molecule has 0 aliphatic carbocycles. The van der Waals surface area contributed by atoms with Gasteiger partial charge in [0, 0.05) is 0 Å². The number of rotatable bonds is 0. The molecule has 0 heterocycles. The van der Waals surface area contributed by atoms with Gasteiger partial charge in [-0.1, -0.05) is 6.04 Å². The molecule has 0 aliphatic heterocycles. The van der Waals surface area contributed by atoms with Gasteiger partial charge in [-0.05, 0) is 49.9 Å². The van der Waals surface area contributed by atoms with E-state index in [0.717, 1.165) is 27.8 Å². The van der Waals surface area contributed by atoms with Crippen molar-refractivity contribution in [3.05, 3.63) is 33.9 Å². The maximum Gasteiger partial charge on any atom is 0.0997 e. The topological polar surface area (TPSA) is 23.8 Å². The second-order valence-electron chi connectivity index (χ2n) is 3.11. The summed E-state index contributed by atoms with van der Waals surface area (Å²) in [6, 6.07) is 2.75. The maximum atomic E-state index is 8.93. The van der Waals surface area contributed by atoms with Gasteiger partial charge in [-0.3, -0.25) is 0 Å². The van der Waals surface area contributed by atoms with Gasteiger partial charge in [0.2, 0.25) is 0 Å². The molecule has 0 saturated carbocycles. The Morgan fingerprint density at radius 2 is 1.58 bits per heavy atom. The van der Waals surface area contributed by atoms with Crippen LogP contribution in [0.1, 0.15) is 29.2 Å². The van der Waals surface area contributed by atoms with Gasteiger partial charge in [0.25, 0.3) is 0 Å². The van der Waals surface area contributed by atoms with Crippen molar-refractivity contribution in [2.75, 3.05) is 0 Å². The summed E-state index contributed by atoms with van der Waals surface area (Å²) < 4.78 is 7.79. The third-order valence-corrected chi connectivity index (χ3v) is 2.36. The molecule has 1 rings (SSSR count). The molecule has 0 atom stereocenters. The summed E-state index contributed by atoms with van der Waals surface area (Å²) in [5, 5.41) is 8.93. The molecular weight excluding hydrogens is 146 g/mol. The summed E-state index contributed by atoms with van der Waals surface area (Å²) >= 11 is 0. The van der Waals surface area contributed by atoms with Gasteiger partial charge in [-0.25, -0.2) is 0 Å². The molecule has 1 nitrogen and oxygen atoms in total. The summed E-state index contributed by atoms with van der Waals surface area (Å²) in [6.45, 7) is 7.59. The van der Waals surface area contributed by atoms with E-state index in [1.54, 1.807) is 0 Å². The van der Waals surface area contributed by atoms with Crippen molar-refractivity contribution in [1.29, 1.82) is 5.26 Å². The molecule has 1 aromatic carbocycles. The van der Waals surface area contributed by atoms with Crippen molar-refractivity contribution in [3.8, 4) is 6.07 Å². The minimum Gasteiger partial charge on any atom is -0.192 e. The highest BCUT2D eigenvalue weighted by molar-refractivity contribution is 5.50. The van der Waals surface area contributed by atoms with Crippen molar-refractivity contribution in [3.63, 3.8) is 0 Å². The van der Waals surface area contributed by atoms with Gasteiger partial charge in [-0.15, -0.1) is 0 Å². The molecule has 0 N–H and O–H groups in total. The molecule has 0 radical (unpaired) electrons. The Bertz CT molecular complexity index is 371. The zero-order valence-corrected chi connectivity index (χ0v) is 7.95. The fourth-order valence-electron chi connectivity index (χ4n) is 1.29. The molecule has 0 bridgehead atoms. The standard InChI is InChI=1S/C11H13N/c1-7-5-8(2)10(4)11(6-12)9(7)3/h5H,1-4H3/i5D. The molecule has 0 saturated heterocycles. The fraction of sp³-hybridized carbons (Fsp3) is 0.364. The van der Waals surface area contributed by atoms with Crippen LogP contribution in [0.3, 0.4) is 0 Å². The van der Waals surface area contributed by atoms with E-state index in [9.17, 15) is 0 Å². The summed E-state index contributed by atoms with van der Waals surface area (Å²) in [6.07, 6.45) is 0. The normalized spacial score (nSPS) is 10.8. The molecule has 1 heteroatoms. The van der Waals surface area contributed by atoms with E-state index in [0.29, 0.717) is 6.04 Å². The Morgan fingerprint density at radius 1 is 1.17 bits per heavy atom. The van der Waals surface area contributed by atoms with Crippen LogP contribution >= 0.6 is 0 Å². The van der Waals surface area contributed by atoms with Crippen LogP contribution in [0, 0.1) is 39.0 Å². The van der Waals surface area contributed by atoms with E-state index in [4.69, 9.17) is 6.63 Å². The highest BCUT2D eigenvalue weighted by Crippen LogP contribution is 2.20. The number of nitrogens with zero attached hydrogens (tertiary/aromatic N) is 1. The number of hydrogen-bond donors (Lipinski definition) is 0. The Labute approximate surface area is 75.1 Å². The summed E-state index contributed by atoms with van der Waals surface area (Å²) in [4.78, 5) is 0. The minimum atomic E-state index is 0.564. The van der Waals surface area contributed by atoms with Gasteiger partial charge < -0.3 is 0 Å². The number of hydrogen-bond acceptors (Lipinski definition) is 1. The predicted molar refractivity (Wildman–Crippen MR) is 50.1 cm³/mol. The molecule has 0 aliphatic rings. The van der Waals surface area contributed by atoms with E-state index >= 15 is 0 Å². The number of nitriles is 1. The highest BCUT2D eigenvalue weighted by atomic mass is 14.3. The first-order valence-corrected chi connectivity index (χ1v) is 3.97. The van der Waals surface area contributed by atoms with Crippen molar-refractivity contribution in [2.45, 2.75) is 27.7 Å². The van der Waals surface area contributed by atoms with Crippen LogP contribution in [-0.4, -0.2) is 0 Å². The molecule has 0 aromatic heterocycles. The Kier molecular flexibility index (Phi) is 1.83. The van der Waals surface area contributed by atoms with Crippen LogP contribution in [0.15, 0.2) is 6.04 Å². The lowest BCUT2D eigenvalue weighted by Gasteiger charge is -2.08. The summed E-state index contributed by atoms with van der Waals surface area (Å²) in [7, 11) is 0. The van der Waals surface area contributed by atoms with Crippen LogP contribution in [0.2, 0.25) is 0 Å². The van der Waals surface area contributed by atoms with Crippen molar-refractivity contribution in [2.24, 2.45) is 0 Å². The van der Waals surface area contributed by atoms with E-state index in [-0.39, 0.29) is 0 Å². The van der Waals surface area contributed by atoms with E-state index in [1.807, 2.05) is 27.7 Å². The van der Waals surface area contributed by atoms with Gasteiger partial charge in [0.15, 0.2) is 0 Å². The first-order valence-electron chi connectivity index (χ1n) is 4.47. The summed E-state index contributed by atoms with van der Waals surface area (Å²) in [5.74, 6) is 0. The second kappa shape index (κ2) is 2.98. The van der Waals surface area contributed by atoms with Crippen molar-refractivity contribution < 1.29 is 1.37 Å². The molecular formula is C11H13N. The Hall–Kier alpha value is -1.29. The fourth-order valence-corrected chi connectivity index (χ4v) is 1.29. The van der Waals surface area contributed by atoms with Gasteiger partial charge in [0.1, 0.15) is 0 Å². The lowest BCUT2D eigenvalue weighted by molar-refractivity contribution is 1.21. The maximum absolute atomic E-state index is 8.93. The average Bonchev–Trinajstić information content (AvgIpc) is 2.13. The van der Waals surface area contributed by atoms with Crippen LogP contribution in [0.25, 0.3) is 0 Å². The lowest BCUT2D eigenvalue weighted by atomic mass is 9.95. The smallest absolute Gasteiger partial charge is 0.0997 e. The molecule has 62 valence electrons. The molecule has 0 fully saturated rings. The van der Waals surface area contributed by atoms with E-state index in [1.165, 1.54) is 0 Å². The van der Waals surface area contributed by atoms with Crippen molar-refractivity contribution in [1.82, 2.24) is 0 Å². The largest absolute Gasteiger partial charge is 0.192 e. The van der Waals surface area contributed by atoms with Crippen LogP contribution in [-0.2, 0) is 0 Å². The van der Waals surface area contributed by atoms with Gasteiger partial charge in [0.05, 0.1) is 13.0 Å². The minimum absolute atomic E-state index is 0.564. The Balaban J connectivity index is 3.69. The van der Waals surface area contributed by atoms with Gasteiger partial charge >= 0.3 is 0 Å². The van der Waals surface area contributed by atoms with Crippen molar-refractivity contribution >= 4 is 0 Å². The number of benzene rings is 1. The quantitative estimate of drug-likeness (QED) is 0.572. The van der Waals surface area contributed by atoms with E-state index in [2.05, 4.69) is 6.07 Å². The SMILES string of the molecule is [2H]c1c(C)c(C)c(C#N)c(C)c1C.